The molecule has 1 aromatic carbocycles. The molecule has 3 rings (SSSR count). The number of fused-ring (bicyclic) bond motifs is 3. The van der Waals surface area contributed by atoms with E-state index in [4.69, 9.17) is 0 Å². The maximum Gasteiger partial charge on any atom is 0.219 e. The number of hydrogen-bond acceptors (Lipinski definition) is 1. The fourth-order valence-corrected chi connectivity index (χ4v) is 3.74. The first-order chi connectivity index (χ1) is 9.29. The van der Waals surface area contributed by atoms with Crippen LogP contribution in [0.5, 0.6) is 0 Å². The topological polar surface area (TPSA) is 29.1 Å². The first-order valence-corrected chi connectivity index (χ1v) is 7.69. The van der Waals surface area contributed by atoms with Gasteiger partial charge in [-0.15, -0.1) is 0 Å². The Balaban J connectivity index is 1.71. The summed E-state index contributed by atoms with van der Waals surface area (Å²) in [6.45, 7) is 2.74. The molecule has 1 atom stereocenters. The first-order valence-electron chi connectivity index (χ1n) is 7.69. The zero-order valence-electron chi connectivity index (χ0n) is 11.8. The molecule has 0 radical (unpaired) electrons. The predicted molar refractivity (Wildman–Crippen MR) is 77.4 cm³/mol. The molecule has 1 N–H and O–H groups in total. The van der Waals surface area contributed by atoms with Gasteiger partial charge in [0.15, 0.2) is 0 Å². The van der Waals surface area contributed by atoms with Crippen molar-refractivity contribution in [3.63, 3.8) is 0 Å². The van der Waals surface area contributed by atoms with Crippen molar-refractivity contribution in [1.82, 2.24) is 5.32 Å². The first kappa shape index (κ1) is 12.7. The molecule has 0 aromatic heterocycles. The van der Waals surface area contributed by atoms with Crippen molar-refractivity contribution in [2.75, 3.05) is 6.54 Å². The highest BCUT2D eigenvalue weighted by atomic mass is 16.1. The van der Waals surface area contributed by atoms with Crippen LogP contribution >= 0.6 is 0 Å². The fourth-order valence-electron chi connectivity index (χ4n) is 3.74. The number of amides is 1. The zero-order valence-corrected chi connectivity index (χ0v) is 11.8. The highest BCUT2D eigenvalue weighted by molar-refractivity contribution is 5.75. The summed E-state index contributed by atoms with van der Waals surface area (Å²) in [4.78, 5) is 11.3. The van der Waals surface area contributed by atoms with Gasteiger partial charge in [0.25, 0.3) is 0 Å². The molecule has 0 fully saturated rings. The molecule has 2 aliphatic rings. The quantitative estimate of drug-likeness (QED) is 0.882. The van der Waals surface area contributed by atoms with Crippen molar-refractivity contribution in [2.45, 2.75) is 57.8 Å². The van der Waals surface area contributed by atoms with Crippen molar-refractivity contribution in [3.8, 4) is 0 Å². The lowest BCUT2D eigenvalue weighted by molar-refractivity contribution is -0.120. The SMILES string of the molecule is CCC(=O)NCCC1CCc2ccc3c(c21)CCC3. The largest absolute Gasteiger partial charge is 0.356 e. The number of aryl methyl sites for hydroxylation is 2. The Morgan fingerprint density at radius 3 is 2.95 bits per heavy atom. The van der Waals surface area contributed by atoms with Gasteiger partial charge in [-0.1, -0.05) is 19.1 Å². The molecule has 0 bridgehead atoms. The number of nitrogens with one attached hydrogen (secondary N) is 1. The molecule has 2 aliphatic carbocycles. The van der Waals surface area contributed by atoms with Gasteiger partial charge < -0.3 is 5.32 Å². The summed E-state index contributed by atoms with van der Waals surface area (Å²) >= 11 is 0. The van der Waals surface area contributed by atoms with Crippen LogP contribution in [0.4, 0.5) is 0 Å². The average Bonchev–Trinajstić information content (AvgIpc) is 3.03. The smallest absolute Gasteiger partial charge is 0.219 e. The van der Waals surface area contributed by atoms with Crippen LogP contribution in [0.1, 0.15) is 60.8 Å². The van der Waals surface area contributed by atoms with Gasteiger partial charge in [0.2, 0.25) is 5.91 Å². The second-order valence-corrected chi connectivity index (χ2v) is 5.86. The van der Waals surface area contributed by atoms with Crippen LogP contribution in [-0.2, 0) is 24.1 Å². The molecular formula is C17H23NO. The number of rotatable bonds is 4. The molecule has 1 unspecified atom stereocenters. The fraction of sp³-hybridized carbons (Fsp3) is 0.588. The molecule has 0 saturated heterocycles. The van der Waals surface area contributed by atoms with Crippen LogP contribution < -0.4 is 5.32 Å². The summed E-state index contributed by atoms with van der Waals surface area (Å²) in [5.41, 5.74) is 6.47. The summed E-state index contributed by atoms with van der Waals surface area (Å²) in [7, 11) is 0. The third-order valence-corrected chi connectivity index (χ3v) is 4.72. The van der Waals surface area contributed by atoms with E-state index in [1.807, 2.05) is 6.92 Å². The van der Waals surface area contributed by atoms with Crippen molar-refractivity contribution in [1.29, 1.82) is 0 Å². The summed E-state index contributed by atoms with van der Waals surface area (Å²) in [5, 5.41) is 3.02. The summed E-state index contributed by atoms with van der Waals surface area (Å²) < 4.78 is 0. The molecule has 0 heterocycles. The highest BCUT2D eigenvalue weighted by Crippen LogP contribution is 2.41. The van der Waals surface area contributed by atoms with Gasteiger partial charge in [-0.3, -0.25) is 4.79 Å². The average molecular weight is 257 g/mol. The van der Waals surface area contributed by atoms with E-state index in [2.05, 4.69) is 17.4 Å². The maximum atomic E-state index is 11.3. The molecular weight excluding hydrogens is 234 g/mol. The third-order valence-electron chi connectivity index (χ3n) is 4.72. The molecule has 2 nitrogen and oxygen atoms in total. The molecule has 102 valence electrons. The molecule has 0 saturated carbocycles. The maximum absolute atomic E-state index is 11.3. The molecule has 1 aromatic rings. The highest BCUT2D eigenvalue weighted by Gasteiger charge is 2.28. The van der Waals surface area contributed by atoms with Gasteiger partial charge in [0.1, 0.15) is 0 Å². The van der Waals surface area contributed by atoms with E-state index in [0.717, 1.165) is 13.0 Å². The van der Waals surface area contributed by atoms with E-state index < -0.39 is 0 Å². The number of benzene rings is 1. The van der Waals surface area contributed by atoms with Gasteiger partial charge in [-0.2, -0.15) is 0 Å². The van der Waals surface area contributed by atoms with Crippen molar-refractivity contribution >= 4 is 5.91 Å². The van der Waals surface area contributed by atoms with Crippen molar-refractivity contribution < 1.29 is 4.79 Å². The second-order valence-electron chi connectivity index (χ2n) is 5.86. The lowest BCUT2D eigenvalue weighted by Crippen LogP contribution is -2.24. The Hall–Kier alpha value is -1.31. The number of carbonyl (C=O) groups excluding carboxylic acids is 1. The van der Waals surface area contributed by atoms with Crippen LogP contribution in [0.25, 0.3) is 0 Å². The Bertz CT molecular complexity index is 492. The predicted octanol–water partition coefficient (Wildman–Crippen LogP) is 3.12. The molecule has 0 aliphatic heterocycles. The monoisotopic (exact) mass is 257 g/mol. The molecule has 0 spiro atoms. The zero-order chi connectivity index (χ0) is 13.2. The number of hydrogen-bond donors (Lipinski definition) is 1. The lowest BCUT2D eigenvalue weighted by atomic mass is 9.91. The van der Waals surface area contributed by atoms with Crippen molar-refractivity contribution in [2.24, 2.45) is 0 Å². The van der Waals surface area contributed by atoms with E-state index in [9.17, 15) is 4.79 Å². The Morgan fingerprint density at radius 2 is 2.11 bits per heavy atom. The van der Waals surface area contributed by atoms with Gasteiger partial charge in [0, 0.05) is 13.0 Å². The van der Waals surface area contributed by atoms with Crippen LogP contribution in [0, 0.1) is 0 Å². The van der Waals surface area contributed by atoms with E-state index >= 15 is 0 Å². The third kappa shape index (κ3) is 2.41. The van der Waals surface area contributed by atoms with Gasteiger partial charge in [0.05, 0.1) is 0 Å². The van der Waals surface area contributed by atoms with Crippen LogP contribution in [-0.4, -0.2) is 12.5 Å². The van der Waals surface area contributed by atoms with Crippen molar-refractivity contribution in [3.05, 3.63) is 34.4 Å². The summed E-state index contributed by atoms with van der Waals surface area (Å²) in [5.74, 6) is 0.858. The number of carbonyl (C=O) groups is 1. The summed E-state index contributed by atoms with van der Waals surface area (Å²) in [6, 6.07) is 4.70. The molecule has 1 amide bonds. The van der Waals surface area contributed by atoms with Crippen LogP contribution in [0.15, 0.2) is 12.1 Å². The Labute approximate surface area is 115 Å². The minimum Gasteiger partial charge on any atom is -0.356 e. The van der Waals surface area contributed by atoms with E-state index in [-0.39, 0.29) is 5.91 Å². The van der Waals surface area contributed by atoms with Gasteiger partial charge in [-0.25, -0.2) is 0 Å². The Kier molecular flexibility index (Phi) is 3.58. The lowest BCUT2D eigenvalue weighted by Gasteiger charge is -2.16. The second kappa shape index (κ2) is 5.36. The van der Waals surface area contributed by atoms with E-state index in [0.29, 0.717) is 12.3 Å². The summed E-state index contributed by atoms with van der Waals surface area (Å²) in [6.07, 6.45) is 8.07. The standard InChI is InChI=1S/C17H23NO/c1-2-16(19)18-11-10-14-9-8-13-7-6-12-4-3-5-15(12)17(13)14/h6-7,14H,2-5,8-11H2,1H3,(H,18,19). The minimum absolute atomic E-state index is 0.177. The van der Waals surface area contributed by atoms with Gasteiger partial charge >= 0.3 is 0 Å². The Morgan fingerprint density at radius 1 is 1.26 bits per heavy atom. The molecule has 2 heteroatoms. The van der Waals surface area contributed by atoms with Gasteiger partial charge in [-0.05, 0) is 66.7 Å². The van der Waals surface area contributed by atoms with Crippen LogP contribution in [0.3, 0.4) is 0 Å². The normalized spacial score (nSPS) is 20.2. The van der Waals surface area contributed by atoms with E-state index in [1.54, 1.807) is 22.3 Å². The molecule has 19 heavy (non-hydrogen) atoms. The van der Waals surface area contributed by atoms with Crippen LogP contribution in [0.2, 0.25) is 0 Å². The van der Waals surface area contributed by atoms with E-state index in [1.165, 1.54) is 32.1 Å². The minimum atomic E-state index is 0.177.